The summed E-state index contributed by atoms with van der Waals surface area (Å²) in [6, 6.07) is 5.81. The van der Waals surface area contributed by atoms with Crippen LogP contribution in [-0.2, 0) is 0 Å². The van der Waals surface area contributed by atoms with Crippen molar-refractivity contribution in [3.63, 3.8) is 0 Å². The van der Waals surface area contributed by atoms with Crippen molar-refractivity contribution in [2.75, 3.05) is 13.1 Å². The predicted octanol–water partition coefficient (Wildman–Crippen LogP) is 4.41. The molecule has 2 unspecified atom stereocenters. The van der Waals surface area contributed by atoms with Crippen LogP contribution in [0, 0.1) is 18.7 Å². The normalized spacial score (nSPS) is 23.5. The van der Waals surface area contributed by atoms with E-state index < -0.39 is 0 Å². The maximum absolute atomic E-state index is 13.8. The fraction of sp³-hybridized carbons (Fsp3) is 0.647. The van der Waals surface area contributed by atoms with Gasteiger partial charge in [0.15, 0.2) is 0 Å². The van der Waals surface area contributed by atoms with Crippen LogP contribution in [0.5, 0.6) is 0 Å². The first-order valence-electron chi connectivity index (χ1n) is 7.69. The molecule has 2 heteroatoms. The van der Waals surface area contributed by atoms with Crippen LogP contribution >= 0.6 is 0 Å². The monoisotopic (exact) mass is 263 g/mol. The fourth-order valence-electron chi connectivity index (χ4n) is 3.19. The molecule has 1 saturated carbocycles. The van der Waals surface area contributed by atoms with Crippen molar-refractivity contribution in [3.05, 3.63) is 35.1 Å². The summed E-state index contributed by atoms with van der Waals surface area (Å²) in [5.74, 6) is 1.15. The lowest BCUT2D eigenvalue weighted by molar-refractivity contribution is 0.295. The molecule has 1 aromatic carbocycles. The third kappa shape index (κ3) is 3.79. The summed E-state index contributed by atoms with van der Waals surface area (Å²) >= 11 is 0. The predicted molar refractivity (Wildman–Crippen MR) is 79.0 cm³/mol. The van der Waals surface area contributed by atoms with E-state index in [0.29, 0.717) is 11.8 Å². The van der Waals surface area contributed by atoms with E-state index >= 15 is 0 Å². The van der Waals surface area contributed by atoms with Gasteiger partial charge >= 0.3 is 0 Å². The average molecular weight is 263 g/mol. The molecular weight excluding hydrogens is 237 g/mol. The van der Waals surface area contributed by atoms with Gasteiger partial charge in [-0.2, -0.15) is 0 Å². The lowest BCUT2D eigenvalue weighted by Crippen LogP contribution is -2.30. The van der Waals surface area contributed by atoms with Gasteiger partial charge in [-0.25, -0.2) is 4.39 Å². The Balaban J connectivity index is 2.07. The van der Waals surface area contributed by atoms with E-state index in [9.17, 15) is 4.39 Å². The van der Waals surface area contributed by atoms with E-state index in [0.717, 1.165) is 18.7 Å². The molecule has 1 fully saturated rings. The van der Waals surface area contributed by atoms with Crippen molar-refractivity contribution < 1.29 is 4.39 Å². The molecule has 1 nitrogen and oxygen atoms in total. The van der Waals surface area contributed by atoms with Crippen molar-refractivity contribution >= 4 is 0 Å². The van der Waals surface area contributed by atoms with Gasteiger partial charge in [0.05, 0.1) is 0 Å². The fourth-order valence-corrected chi connectivity index (χ4v) is 3.19. The van der Waals surface area contributed by atoms with Gasteiger partial charge in [-0.1, -0.05) is 31.9 Å². The Labute approximate surface area is 116 Å². The lowest BCUT2D eigenvalue weighted by atomic mass is 9.75. The van der Waals surface area contributed by atoms with Gasteiger partial charge in [0.1, 0.15) is 5.82 Å². The first-order chi connectivity index (χ1) is 9.22. The minimum atomic E-state index is -0.0525. The number of hydrogen-bond acceptors (Lipinski definition) is 1. The SMILES string of the molecule is CCCNCC1CCCCC1c1ccc(C)c(F)c1. The number of nitrogens with one attached hydrogen (secondary N) is 1. The largest absolute Gasteiger partial charge is 0.316 e. The second-order valence-corrected chi connectivity index (χ2v) is 5.86. The summed E-state index contributed by atoms with van der Waals surface area (Å²) in [6.07, 6.45) is 6.27. The van der Waals surface area contributed by atoms with Crippen LogP contribution in [0.2, 0.25) is 0 Å². The summed E-state index contributed by atoms with van der Waals surface area (Å²) in [6.45, 7) is 6.19. The standard InChI is InChI=1S/C17H26FN/c1-3-10-19-12-15-6-4-5-7-16(15)14-9-8-13(2)17(18)11-14/h8-9,11,15-16,19H,3-7,10,12H2,1-2H3. The van der Waals surface area contributed by atoms with Crippen LogP contribution in [-0.4, -0.2) is 13.1 Å². The first-order valence-corrected chi connectivity index (χ1v) is 7.69. The molecule has 0 aromatic heterocycles. The highest BCUT2D eigenvalue weighted by Gasteiger charge is 2.26. The molecule has 2 atom stereocenters. The van der Waals surface area contributed by atoms with Gasteiger partial charge in [-0.15, -0.1) is 0 Å². The average Bonchev–Trinajstić information content (AvgIpc) is 2.43. The number of benzene rings is 1. The Hall–Kier alpha value is -0.890. The zero-order valence-corrected chi connectivity index (χ0v) is 12.2. The summed E-state index contributed by atoms with van der Waals surface area (Å²) in [7, 11) is 0. The summed E-state index contributed by atoms with van der Waals surface area (Å²) in [5, 5.41) is 3.54. The molecule has 1 aliphatic rings. The van der Waals surface area contributed by atoms with E-state index in [1.807, 2.05) is 13.0 Å². The molecule has 0 heterocycles. The summed E-state index contributed by atoms with van der Waals surface area (Å²) in [4.78, 5) is 0. The Kier molecular flexibility index (Phi) is 5.38. The molecule has 1 N–H and O–H groups in total. The van der Waals surface area contributed by atoms with Crippen LogP contribution < -0.4 is 5.32 Å². The van der Waals surface area contributed by atoms with Crippen molar-refractivity contribution in [2.24, 2.45) is 5.92 Å². The number of hydrogen-bond donors (Lipinski definition) is 1. The van der Waals surface area contributed by atoms with Gasteiger partial charge in [0.2, 0.25) is 0 Å². The van der Waals surface area contributed by atoms with Gasteiger partial charge in [0, 0.05) is 0 Å². The van der Waals surface area contributed by atoms with Crippen molar-refractivity contribution in [3.8, 4) is 0 Å². The van der Waals surface area contributed by atoms with Crippen LogP contribution in [0.3, 0.4) is 0 Å². The maximum atomic E-state index is 13.8. The Morgan fingerprint density at radius 3 is 2.79 bits per heavy atom. The van der Waals surface area contributed by atoms with Gasteiger partial charge in [-0.3, -0.25) is 0 Å². The molecule has 0 bridgehead atoms. The van der Waals surface area contributed by atoms with Crippen LogP contribution in [0.1, 0.15) is 56.1 Å². The first kappa shape index (κ1) is 14.5. The number of halogens is 1. The maximum Gasteiger partial charge on any atom is 0.126 e. The van der Waals surface area contributed by atoms with Crippen molar-refractivity contribution in [1.29, 1.82) is 0 Å². The zero-order chi connectivity index (χ0) is 13.7. The molecule has 0 spiro atoms. The Bertz CT molecular complexity index is 402. The van der Waals surface area contributed by atoms with Crippen molar-refractivity contribution in [1.82, 2.24) is 5.32 Å². The molecule has 106 valence electrons. The lowest BCUT2D eigenvalue weighted by Gasteiger charge is -2.32. The Morgan fingerprint density at radius 2 is 2.05 bits per heavy atom. The molecular formula is C17H26FN. The number of rotatable bonds is 5. The Morgan fingerprint density at radius 1 is 1.26 bits per heavy atom. The van der Waals surface area contributed by atoms with Crippen LogP contribution in [0.25, 0.3) is 0 Å². The van der Waals surface area contributed by atoms with E-state index in [2.05, 4.69) is 18.3 Å². The molecule has 19 heavy (non-hydrogen) atoms. The highest BCUT2D eigenvalue weighted by atomic mass is 19.1. The van der Waals surface area contributed by atoms with E-state index in [4.69, 9.17) is 0 Å². The topological polar surface area (TPSA) is 12.0 Å². The van der Waals surface area contributed by atoms with Crippen molar-refractivity contribution in [2.45, 2.75) is 51.9 Å². The highest BCUT2D eigenvalue weighted by molar-refractivity contribution is 5.27. The minimum absolute atomic E-state index is 0.0525. The van der Waals surface area contributed by atoms with E-state index in [1.54, 1.807) is 6.07 Å². The number of aryl methyl sites for hydroxylation is 1. The van der Waals surface area contributed by atoms with Gasteiger partial charge in [-0.05, 0) is 68.3 Å². The minimum Gasteiger partial charge on any atom is -0.316 e. The van der Waals surface area contributed by atoms with E-state index in [1.165, 1.54) is 37.7 Å². The molecule has 1 aliphatic carbocycles. The second-order valence-electron chi connectivity index (χ2n) is 5.86. The van der Waals surface area contributed by atoms with Gasteiger partial charge < -0.3 is 5.32 Å². The summed E-state index contributed by atoms with van der Waals surface area (Å²) in [5.41, 5.74) is 1.95. The summed E-state index contributed by atoms with van der Waals surface area (Å²) < 4.78 is 13.8. The molecule has 0 amide bonds. The van der Waals surface area contributed by atoms with Gasteiger partial charge in [0.25, 0.3) is 0 Å². The molecule has 0 saturated heterocycles. The van der Waals surface area contributed by atoms with Crippen LogP contribution in [0.4, 0.5) is 4.39 Å². The molecule has 0 aliphatic heterocycles. The second kappa shape index (κ2) is 7.04. The smallest absolute Gasteiger partial charge is 0.126 e. The molecule has 2 rings (SSSR count). The third-order valence-corrected chi connectivity index (χ3v) is 4.37. The van der Waals surface area contributed by atoms with E-state index in [-0.39, 0.29) is 5.82 Å². The quantitative estimate of drug-likeness (QED) is 0.776. The third-order valence-electron chi connectivity index (χ3n) is 4.37. The van der Waals surface area contributed by atoms with Crippen LogP contribution in [0.15, 0.2) is 18.2 Å². The highest BCUT2D eigenvalue weighted by Crippen LogP contribution is 2.37. The molecule has 1 aromatic rings. The molecule has 0 radical (unpaired) electrons. The zero-order valence-electron chi connectivity index (χ0n) is 12.2.